The molecular formula is C33H44N2O. The summed E-state index contributed by atoms with van der Waals surface area (Å²) in [7, 11) is 0. The maximum atomic E-state index is 14.5. The molecule has 0 spiro atoms. The van der Waals surface area contributed by atoms with Crippen molar-refractivity contribution in [2.24, 2.45) is 0 Å². The number of nitrogens with zero attached hydrogens (tertiary/aromatic N) is 2. The van der Waals surface area contributed by atoms with Crippen molar-refractivity contribution in [3.63, 3.8) is 0 Å². The van der Waals surface area contributed by atoms with Crippen LogP contribution in [0.5, 0.6) is 0 Å². The van der Waals surface area contributed by atoms with Gasteiger partial charge in [-0.25, -0.2) is 0 Å². The summed E-state index contributed by atoms with van der Waals surface area (Å²) >= 11 is 0. The largest absolute Gasteiger partial charge is 0.299 e. The maximum Gasteiger partial charge on any atom is 0.193 e. The lowest BCUT2D eigenvalue weighted by Gasteiger charge is -2.25. The molecule has 0 atom stereocenters. The fourth-order valence-electron chi connectivity index (χ4n) is 7.70. The number of likely N-dealkylation sites (tertiary alicyclic amines) is 2. The second-order valence-electron chi connectivity index (χ2n) is 12.0. The minimum absolute atomic E-state index is 0.276. The Morgan fingerprint density at radius 3 is 1.36 bits per heavy atom. The monoisotopic (exact) mass is 484 g/mol. The SMILES string of the molecule is O=C(c1cccc(C2CCCC2)c1CN1CCCC1)c1cccc(C2CCCC2)c1CN1CCCC1. The average Bonchev–Trinajstić information content (AvgIpc) is 3.72. The van der Waals surface area contributed by atoms with Crippen LogP contribution >= 0.6 is 0 Å². The van der Waals surface area contributed by atoms with Crippen LogP contribution in [0.2, 0.25) is 0 Å². The van der Waals surface area contributed by atoms with Gasteiger partial charge in [-0.1, -0.05) is 62.1 Å². The molecule has 0 N–H and O–H groups in total. The molecule has 2 aliphatic carbocycles. The van der Waals surface area contributed by atoms with Crippen molar-refractivity contribution >= 4 is 5.78 Å². The zero-order chi connectivity index (χ0) is 24.3. The van der Waals surface area contributed by atoms with Gasteiger partial charge < -0.3 is 0 Å². The number of hydrogen-bond acceptors (Lipinski definition) is 3. The molecule has 0 aromatic heterocycles. The molecular weight excluding hydrogens is 440 g/mol. The summed E-state index contributed by atoms with van der Waals surface area (Å²) in [4.78, 5) is 19.7. The molecule has 2 heterocycles. The normalized spacial score (nSPS) is 22.2. The second kappa shape index (κ2) is 11.2. The van der Waals surface area contributed by atoms with Crippen molar-refractivity contribution in [2.45, 2.75) is 102 Å². The number of carbonyl (C=O) groups excluding carboxylic acids is 1. The highest BCUT2D eigenvalue weighted by atomic mass is 16.1. The highest BCUT2D eigenvalue weighted by molar-refractivity contribution is 6.11. The molecule has 4 fully saturated rings. The Labute approximate surface area is 218 Å². The van der Waals surface area contributed by atoms with Gasteiger partial charge in [-0.15, -0.1) is 0 Å². The number of ketones is 1. The van der Waals surface area contributed by atoms with Gasteiger partial charge in [0, 0.05) is 24.2 Å². The van der Waals surface area contributed by atoms with Crippen molar-refractivity contribution in [1.82, 2.24) is 9.80 Å². The van der Waals surface area contributed by atoms with E-state index in [1.54, 1.807) is 0 Å². The molecule has 192 valence electrons. The lowest BCUT2D eigenvalue weighted by Crippen LogP contribution is -2.24. The highest BCUT2D eigenvalue weighted by Gasteiger charge is 2.29. The number of carbonyl (C=O) groups is 1. The Kier molecular flexibility index (Phi) is 7.58. The lowest BCUT2D eigenvalue weighted by atomic mass is 9.84. The summed E-state index contributed by atoms with van der Waals surface area (Å²) in [6.07, 6.45) is 15.6. The fraction of sp³-hybridized carbons (Fsp3) is 0.606. The van der Waals surface area contributed by atoms with E-state index in [0.717, 1.165) is 24.2 Å². The van der Waals surface area contributed by atoms with Crippen LogP contribution in [0.15, 0.2) is 36.4 Å². The second-order valence-corrected chi connectivity index (χ2v) is 12.0. The predicted octanol–water partition coefficient (Wildman–Crippen LogP) is 7.42. The van der Waals surface area contributed by atoms with Gasteiger partial charge in [-0.05, 0) is 112 Å². The third-order valence-electron chi connectivity index (χ3n) is 9.66. The van der Waals surface area contributed by atoms with Crippen molar-refractivity contribution in [1.29, 1.82) is 0 Å². The molecule has 36 heavy (non-hydrogen) atoms. The van der Waals surface area contributed by atoms with Gasteiger partial charge in [-0.3, -0.25) is 14.6 Å². The zero-order valence-electron chi connectivity index (χ0n) is 22.1. The standard InChI is InChI=1S/C33H44N2O/c36-33(29-17-9-15-27(25-11-1-2-12-25)31(29)23-34-19-5-6-20-34)30-18-10-16-28(26-13-3-4-14-26)32(30)24-35-21-7-8-22-35/h9-10,15-18,25-26H,1-8,11-14,19-24H2. The molecule has 2 saturated carbocycles. The molecule has 0 unspecified atom stereocenters. The van der Waals surface area contributed by atoms with Crippen LogP contribution in [-0.4, -0.2) is 41.8 Å². The Bertz CT molecular complexity index is 968. The first-order valence-corrected chi connectivity index (χ1v) is 15.0. The molecule has 0 amide bonds. The van der Waals surface area contributed by atoms with E-state index in [4.69, 9.17) is 0 Å². The minimum atomic E-state index is 0.276. The Morgan fingerprint density at radius 2 is 0.972 bits per heavy atom. The quantitative estimate of drug-likeness (QED) is 0.364. The summed E-state index contributed by atoms with van der Waals surface area (Å²) in [5.74, 6) is 1.53. The van der Waals surface area contributed by atoms with E-state index < -0.39 is 0 Å². The third kappa shape index (κ3) is 5.07. The van der Waals surface area contributed by atoms with Crippen LogP contribution in [0.25, 0.3) is 0 Å². The Balaban J connectivity index is 1.41. The van der Waals surface area contributed by atoms with E-state index in [-0.39, 0.29) is 5.78 Å². The predicted molar refractivity (Wildman–Crippen MR) is 148 cm³/mol. The topological polar surface area (TPSA) is 23.6 Å². The van der Waals surface area contributed by atoms with Gasteiger partial charge in [0.1, 0.15) is 0 Å². The van der Waals surface area contributed by atoms with E-state index >= 15 is 0 Å². The van der Waals surface area contributed by atoms with Crippen LogP contribution in [-0.2, 0) is 13.1 Å². The molecule has 2 aliphatic heterocycles. The number of benzene rings is 2. The first kappa shape index (κ1) is 24.4. The van der Waals surface area contributed by atoms with E-state index in [1.807, 2.05) is 0 Å². The van der Waals surface area contributed by atoms with Crippen molar-refractivity contribution in [3.05, 3.63) is 69.8 Å². The summed E-state index contributed by atoms with van der Waals surface area (Å²) < 4.78 is 0. The Hall–Kier alpha value is -1.97. The summed E-state index contributed by atoms with van der Waals surface area (Å²) in [6, 6.07) is 13.3. The van der Waals surface area contributed by atoms with Gasteiger partial charge in [0.05, 0.1) is 0 Å². The molecule has 3 nitrogen and oxygen atoms in total. The molecule has 3 heteroatoms. The summed E-state index contributed by atoms with van der Waals surface area (Å²) in [6.45, 7) is 6.57. The van der Waals surface area contributed by atoms with Crippen LogP contribution < -0.4 is 0 Å². The zero-order valence-corrected chi connectivity index (χ0v) is 22.1. The highest BCUT2D eigenvalue weighted by Crippen LogP contribution is 2.40. The maximum absolute atomic E-state index is 14.5. The Morgan fingerprint density at radius 1 is 0.583 bits per heavy atom. The van der Waals surface area contributed by atoms with E-state index in [1.165, 1.54) is 125 Å². The lowest BCUT2D eigenvalue weighted by molar-refractivity contribution is 0.103. The van der Waals surface area contributed by atoms with Crippen molar-refractivity contribution < 1.29 is 4.79 Å². The van der Waals surface area contributed by atoms with Gasteiger partial charge in [0.2, 0.25) is 0 Å². The number of rotatable bonds is 8. The molecule has 2 aromatic carbocycles. The van der Waals surface area contributed by atoms with E-state index in [2.05, 4.69) is 46.2 Å². The summed E-state index contributed by atoms with van der Waals surface area (Å²) in [5.41, 5.74) is 7.59. The van der Waals surface area contributed by atoms with E-state index in [9.17, 15) is 4.79 Å². The van der Waals surface area contributed by atoms with Crippen LogP contribution in [0.4, 0.5) is 0 Å². The average molecular weight is 485 g/mol. The van der Waals surface area contributed by atoms with Crippen molar-refractivity contribution in [3.8, 4) is 0 Å². The first-order valence-electron chi connectivity index (χ1n) is 15.0. The van der Waals surface area contributed by atoms with Gasteiger partial charge in [0.25, 0.3) is 0 Å². The molecule has 6 rings (SSSR count). The molecule has 0 bridgehead atoms. The third-order valence-corrected chi connectivity index (χ3v) is 9.66. The summed E-state index contributed by atoms with van der Waals surface area (Å²) in [5, 5.41) is 0. The fourth-order valence-corrected chi connectivity index (χ4v) is 7.70. The molecule has 2 aromatic rings. The van der Waals surface area contributed by atoms with Gasteiger partial charge in [-0.2, -0.15) is 0 Å². The molecule has 2 saturated heterocycles. The van der Waals surface area contributed by atoms with Crippen LogP contribution in [0, 0.1) is 0 Å². The van der Waals surface area contributed by atoms with Crippen molar-refractivity contribution in [2.75, 3.05) is 26.2 Å². The number of hydrogen-bond donors (Lipinski definition) is 0. The first-order chi connectivity index (χ1) is 17.8. The van der Waals surface area contributed by atoms with Crippen LogP contribution in [0.1, 0.15) is 127 Å². The van der Waals surface area contributed by atoms with Gasteiger partial charge in [0.15, 0.2) is 5.78 Å². The molecule has 4 aliphatic rings. The van der Waals surface area contributed by atoms with E-state index in [0.29, 0.717) is 11.8 Å². The van der Waals surface area contributed by atoms with Crippen LogP contribution in [0.3, 0.4) is 0 Å². The van der Waals surface area contributed by atoms with Gasteiger partial charge >= 0.3 is 0 Å². The minimum Gasteiger partial charge on any atom is -0.299 e. The smallest absolute Gasteiger partial charge is 0.193 e. The molecule has 0 radical (unpaired) electrons.